The van der Waals surface area contributed by atoms with Crippen LogP contribution in [0.1, 0.15) is 5.89 Å². The van der Waals surface area contributed by atoms with E-state index < -0.39 is 4.92 Å². The van der Waals surface area contributed by atoms with Crippen molar-refractivity contribution in [2.24, 2.45) is 0 Å². The lowest BCUT2D eigenvalue weighted by atomic mass is 10.2. The van der Waals surface area contributed by atoms with Crippen molar-refractivity contribution in [1.82, 2.24) is 4.98 Å². The third-order valence-corrected chi connectivity index (χ3v) is 3.31. The molecule has 0 fully saturated rings. The number of nitrogens with zero attached hydrogens (tertiary/aromatic N) is 2. The fourth-order valence-electron chi connectivity index (χ4n) is 1.96. The van der Waals surface area contributed by atoms with E-state index in [0.29, 0.717) is 22.4 Å². The Morgan fingerprint density at radius 3 is 2.70 bits per heavy atom. The summed E-state index contributed by atoms with van der Waals surface area (Å²) in [4.78, 5) is 14.3. The lowest BCUT2D eigenvalue weighted by Gasteiger charge is -2.02. The molecule has 3 aromatic rings. The SMILES string of the molecule is O=[N+]([O-])c1ccc(OCc2ncc(-c3cccc(Cl)c3)o2)cc1. The lowest BCUT2D eigenvalue weighted by molar-refractivity contribution is -0.384. The Morgan fingerprint density at radius 2 is 2.00 bits per heavy atom. The molecule has 7 heteroatoms. The molecule has 116 valence electrons. The highest BCUT2D eigenvalue weighted by atomic mass is 35.5. The van der Waals surface area contributed by atoms with Crippen LogP contribution >= 0.6 is 11.6 Å². The molecule has 0 amide bonds. The number of aromatic nitrogens is 1. The van der Waals surface area contributed by atoms with E-state index in [2.05, 4.69) is 4.98 Å². The number of benzene rings is 2. The second-order valence-electron chi connectivity index (χ2n) is 4.67. The average molecular weight is 331 g/mol. The van der Waals surface area contributed by atoms with Crippen molar-refractivity contribution < 1.29 is 14.1 Å². The molecule has 0 aliphatic carbocycles. The Kier molecular flexibility index (Phi) is 4.25. The van der Waals surface area contributed by atoms with E-state index in [1.807, 2.05) is 12.1 Å². The normalized spacial score (nSPS) is 10.5. The molecule has 1 aromatic heterocycles. The maximum atomic E-state index is 10.6. The van der Waals surface area contributed by atoms with Crippen LogP contribution in [0, 0.1) is 10.1 Å². The van der Waals surface area contributed by atoms with E-state index in [-0.39, 0.29) is 12.3 Å². The number of nitro benzene ring substituents is 1. The van der Waals surface area contributed by atoms with Crippen molar-refractivity contribution in [3.05, 3.63) is 75.8 Å². The highest BCUT2D eigenvalue weighted by molar-refractivity contribution is 6.30. The summed E-state index contributed by atoms with van der Waals surface area (Å²) in [6.45, 7) is 0.123. The van der Waals surface area contributed by atoms with Crippen molar-refractivity contribution in [2.75, 3.05) is 0 Å². The summed E-state index contributed by atoms with van der Waals surface area (Å²) in [5, 5.41) is 11.2. The van der Waals surface area contributed by atoms with E-state index in [1.165, 1.54) is 24.3 Å². The number of rotatable bonds is 5. The van der Waals surface area contributed by atoms with Gasteiger partial charge in [0.15, 0.2) is 12.4 Å². The largest absolute Gasteiger partial charge is 0.484 e. The van der Waals surface area contributed by atoms with Crippen LogP contribution in [-0.2, 0) is 6.61 Å². The first-order valence-corrected chi connectivity index (χ1v) is 7.07. The van der Waals surface area contributed by atoms with Gasteiger partial charge in [-0.2, -0.15) is 0 Å². The topological polar surface area (TPSA) is 78.4 Å². The van der Waals surface area contributed by atoms with E-state index in [0.717, 1.165) is 5.56 Å². The smallest absolute Gasteiger partial charge is 0.269 e. The molecule has 0 radical (unpaired) electrons. The Balaban J connectivity index is 1.66. The van der Waals surface area contributed by atoms with E-state index >= 15 is 0 Å². The number of hydrogen-bond acceptors (Lipinski definition) is 5. The molecule has 0 saturated carbocycles. The average Bonchev–Trinajstić information content (AvgIpc) is 3.02. The maximum absolute atomic E-state index is 10.6. The molecule has 0 aliphatic rings. The first-order chi connectivity index (χ1) is 11.1. The van der Waals surface area contributed by atoms with Gasteiger partial charge in [0.2, 0.25) is 5.89 Å². The first kappa shape index (κ1) is 15.1. The summed E-state index contributed by atoms with van der Waals surface area (Å²) >= 11 is 5.94. The van der Waals surface area contributed by atoms with Gasteiger partial charge >= 0.3 is 0 Å². The molecule has 0 bridgehead atoms. The third-order valence-electron chi connectivity index (χ3n) is 3.07. The minimum Gasteiger partial charge on any atom is -0.484 e. The van der Waals surface area contributed by atoms with Gasteiger partial charge in [-0.05, 0) is 24.3 Å². The van der Waals surface area contributed by atoms with Gasteiger partial charge in [-0.3, -0.25) is 10.1 Å². The molecule has 2 aromatic carbocycles. The van der Waals surface area contributed by atoms with Crippen LogP contribution in [0.15, 0.2) is 59.1 Å². The van der Waals surface area contributed by atoms with Gasteiger partial charge in [0.25, 0.3) is 5.69 Å². The van der Waals surface area contributed by atoms with Gasteiger partial charge in [-0.25, -0.2) is 4.98 Å². The summed E-state index contributed by atoms with van der Waals surface area (Å²) in [6, 6.07) is 13.1. The molecule has 23 heavy (non-hydrogen) atoms. The van der Waals surface area contributed by atoms with Crippen molar-refractivity contribution in [2.45, 2.75) is 6.61 Å². The van der Waals surface area contributed by atoms with E-state index in [4.69, 9.17) is 20.8 Å². The zero-order valence-corrected chi connectivity index (χ0v) is 12.6. The predicted octanol–water partition coefficient (Wildman–Crippen LogP) is 4.48. The number of oxazole rings is 1. The van der Waals surface area contributed by atoms with Crippen molar-refractivity contribution in [1.29, 1.82) is 0 Å². The molecule has 0 N–H and O–H groups in total. The molecule has 0 saturated heterocycles. The van der Waals surface area contributed by atoms with Crippen LogP contribution in [-0.4, -0.2) is 9.91 Å². The predicted molar refractivity (Wildman–Crippen MR) is 84.4 cm³/mol. The van der Waals surface area contributed by atoms with Crippen LogP contribution in [0.5, 0.6) is 5.75 Å². The maximum Gasteiger partial charge on any atom is 0.269 e. The summed E-state index contributed by atoms with van der Waals surface area (Å²) < 4.78 is 11.1. The van der Waals surface area contributed by atoms with E-state index in [9.17, 15) is 10.1 Å². The highest BCUT2D eigenvalue weighted by Crippen LogP contribution is 2.24. The molecule has 0 atom stereocenters. The van der Waals surface area contributed by atoms with Gasteiger partial charge in [-0.15, -0.1) is 0 Å². The van der Waals surface area contributed by atoms with Crippen LogP contribution in [0.4, 0.5) is 5.69 Å². The molecule has 3 rings (SSSR count). The van der Waals surface area contributed by atoms with E-state index in [1.54, 1.807) is 18.3 Å². The molecular formula is C16H11ClN2O4. The summed E-state index contributed by atoms with van der Waals surface area (Å²) in [7, 11) is 0. The molecule has 0 unspecified atom stereocenters. The van der Waals surface area contributed by atoms with Gasteiger partial charge in [0, 0.05) is 22.7 Å². The summed E-state index contributed by atoms with van der Waals surface area (Å²) in [5.41, 5.74) is 0.836. The third kappa shape index (κ3) is 3.67. The van der Waals surface area contributed by atoms with Gasteiger partial charge in [0.05, 0.1) is 11.1 Å². The number of non-ortho nitro benzene ring substituents is 1. The van der Waals surface area contributed by atoms with Gasteiger partial charge in [-0.1, -0.05) is 23.7 Å². The molecule has 6 nitrogen and oxygen atoms in total. The van der Waals surface area contributed by atoms with Crippen LogP contribution < -0.4 is 4.74 Å². The molecule has 0 aliphatic heterocycles. The Morgan fingerprint density at radius 1 is 1.22 bits per heavy atom. The van der Waals surface area contributed by atoms with Crippen LogP contribution in [0.2, 0.25) is 5.02 Å². The minimum absolute atomic E-state index is 0.0108. The fourth-order valence-corrected chi connectivity index (χ4v) is 2.15. The Hall–Kier alpha value is -2.86. The Labute approximate surface area is 136 Å². The number of nitro groups is 1. The summed E-state index contributed by atoms with van der Waals surface area (Å²) in [6.07, 6.45) is 1.60. The number of ether oxygens (including phenoxy) is 1. The number of hydrogen-bond donors (Lipinski definition) is 0. The van der Waals surface area contributed by atoms with Crippen molar-refractivity contribution in [3.63, 3.8) is 0 Å². The molecular weight excluding hydrogens is 320 g/mol. The molecule has 0 spiro atoms. The highest BCUT2D eigenvalue weighted by Gasteiger charge is 2.09. The molecule has 1 heterocycles. The quantitative estimate of drug-likeness (QED) is 0.509. The second kappa shape index (κ2) is 6.50. The second-order valence-corrected chi connectivity index (χ2v) is 5.10. The summed E-state index contributed by atoms with van der Waals surface area (Å²) in [5.74, 6) is 1.49. The monoisotopic (exact) mass is 330 g/mol. The van der Waals surface area contributed by atoms with Crippen LogP contribution in [0.25, 0.3) is 11.3 Å². The number of halogens is 1. The zero-order chi connectivity index (χ0) is 16.2. The van der Waals surface area contributed by atoms with Crippen LogP contribution in [0.3, 0.4) is 0 Å². The lowest BCUT2D eigenvalue weighted by Crippen LogP contribution is -1.95. The first-order valence-electron chi connectivity index (χ1n) is 6.70. The van der Waals surface area contributed by atoms with Crippen molar-refractivity contribution >= 4 is 17.3 Å². The van der Waals surface area contributed by atoms with Gasteiger partial charge < -0.3 is 9.15 Å². The standard InChI is InChI=1S/C16H11ClN2O4/c17-12-3-1-2-11(8-12)15-9-18-16(23-15)10-22-14-6-4-13(5-7-14)19(20)21/h1-9H,10H2. The minimum atomic E-state index is -0.463. The fraction of sp³-hybridized carbons (Fsp3) is 0.0625. The van der Waals surface area contributed by atoms with Gasteiger partial charge in [0.1, 0.15) is 5.75 Å². The van der Waals surface area contributed by atoms with Crippen molar-refractivity contribution in [3.8, 4) is 17.1 Å². The Bertz CT molecular complexity index is 830. The zero-order valence-electron chi connectivity index (χ0n) is 11.8.